The monoisotopic (exact) mass is 546 g/mol. The minimum atomic E-state index is -0.522. The summed E-state index contributed by atoms with van der Waals surface area (Å²) in [6.07, 6.45) is 3.12. The Morgan fingerprint density at radius 1 is 1.15 bits per heavy atom. The Kier molecular flexibility index (Phi) is 7.10. The predicted octanol–water partition coefficient (Wildman–Crippen LogP) is 1.98. The predicted molar refractivity (Wildman–Crippen MR) is 150 cm³/mol. The first-order valence-electron chi connectivity index (χ1n) is 14.1. The lowest BCUT2D eigenvalue weighted by Gasteiger charge is -2.27. The molecular formula is C30H38N6O4. The zero-order valence-corrected chi connectivity index (χ0v) is 23.7. The number of hydrogen-bond acceptors (Lipinski definition) is 9. The SMILES string of the molecule is C=CC(=O)N1CC(N(C)c2nc(O[C@@H]3CN(C)C[C@H]3OC)nc3c2CN(C2CCc4ccccc42)C3)C(=O)C1C. The lowest BCUT2D eigenvalue weighted by molar-refractivity contribution is -0.130. The van der Waals surface area contributed by atoms with E-state index < -0.39 is 12.1 Å². The van der Waals surface area contributed by atoms with E-state index in [1.807, 2.05) is 19.0 Å². The van der Waals surface area contributed by atoms with Crippen LogP contribution >= 0.6 is 0 Å². The molecule has 1 aromatic carbocycles. The maximum Gasteiger partial charge on any atom is 0.319 e. The van der Waals surface area contributed by atoms with Crippen LogP contribution in [0.5, 0.6) is 6.01 Å². The van der Waals surface area contributed by atoms with Gasteiger partial charge in [0.25, 0.3) is 0 Å². The number of hydrogen-bond donors (Lipinski definition) is 0. The van der Waals surface area contributed by atoms with Gasteiger partial charge in [0.05, 0.1) is 11.7 Å². The van der Waals surface area contributed by atoms with E-state index in [9.17, 15) is 9.59 Å². The molecule has 0 radical (unpaired) electrons. The molecule has 1 aromatic heterocycles. The first-order valence-corrected chi connectivity index (χ1v) is 14.1. The van der Waals surface area contributed by atoms with Crippen LogP contribution in [0.3, 0.4) is 0 Å². The van der Waals surface area contributed by atoms with E-state index in [-0.39, 0.29) is 30.4 Å². The van der Waals surface area contributed by atoms with E-state index >= 15 is 0 Å². The summed E-state index contributed by atoms with van der Waals surface area (Å²) in [5, 5.41) is 0. The fourth-order valence-corrected chi connectivity index (χ4v) is 6.84. The van der Waals surface area contributed by atoms with Crippen molar-refractivity contribution >= 4 is 17.5 Å². The van der Waals surface area contributed by atoms with Gasteiger partial charge in [-0.05, 0) is 44.0 Å². The number of fused-ring (bicyclic) bond motifs is 2. The summed E-state index contributed by atoms with van der Waals surface area (Å²) in [6.45, 7) is 8.53. The van der Waals surface area contributed by atoms with Crippen molar-refractivity contribution in [2.45, 2.75) is 63.2 Å². The van der Waals surface area contributed by atoms with Crippen molar-refractivity contribution in [1.29, 1.82) is 0 Å². The number of carbonyl (C=O) groups is 2. The molecule has 10 heteroatoms. The van der Waals surface area contributed by atoms with E-state index in [1.165, 1.54) is 17.2 Å². The van der Waals surface area contributed by atoms with Gasteiger partial charge in [-0.15, -0.1) is 0 Å². The van der Waals surface area contributed by atoms with Gasteiger partial charge in [0.15, 0.2) is 5.78 Å². The standard InChI is InChI=1S/C30H38N6O4/c1-6-27(37)36-15-24(28(38)18(36)2)34(4)29-21-13-35(23-12-11-19-9-7-8-10-20(19)23)14-22(21)31-30(32-29)40-26-17-33(3)16-25(26)39-5/h6-10,18,23-26H,1,11-17H2,2-5H3/t18?,23?,24?,25-,26-/m1/s1. The summed E-state index contributed by atoms with van der Waals surface area (Å²) in [4.78, 5) is 43.8. The Morgan fingerprint density at radius 2 is 1.93 bits per heavy atom. The molecule has 40 heavy (non-hydrogen) atoms. The van der Waals surface area contributed by atoms with Gasteiger partial charge in [0, 0.05) is 58.5 Å². The molecule has 0 spiro atoms. The molecule has 3 unspecified atom stereocenters. The number of nitrogens with zero attached hydrogens (tertiary/aromatic N) is 6. The van der Waals surface area contributed by atoms with E-state index in [4.69, 9.17) is 19.4 Å². The molecule has 10 nitrogen and oxygen atoms in total. The van der Waals surface area contributed by atoms with Gasteiger partial charge in [0.2, 0.25) is 5.91 Å². The lowest BCUT2D eigenvalue weighted by atomic mass is 10.1. The average molecular weight is 547 g/mol. The fourth-order valence-electron chi connectivity index (χ4n) is 6.84. The number of rotatable bonds is 7. The number of aromatic nitrogens is 2. The Balaban J connectivity index is 1.33. The average Bonchev–Trinajstić information content (AvgIpc) is 3.72. The smallest absolute Gasteiger partial charge is 0.319 e. The van der Waals surface area contributed by atoms with Crippen molar-refractivity contribution in [3.63, 3.8) is 0 Å². The maximum atomic E-state index is 13.4. The fraction of sp³-hybridized carbons (Fsp3) is 0.533. The van der Waals surface area contributed by atoms with Gasteiger partial charge < -0.3 is 19.3 Å². The maximum absolute atomic E-state index is 13.4. The van der Waals surface area contributed by atoms with Crippen LogP contribution in [-0.4, -0.2) is 101 Å². The molecule has 1 amide bonds. The molecule has 1 aliphatic carbocycles. The highest BCUT2D eigenvalue weighted by Gasteiger charge is 2.44. The van der Waals surface area contributed by atoms with Crippen LogP contribution in [0.25, 0.3) is 0 Å². The summed E-state index contributed by atoms with van der Waals surface area (Å²) >= 11 is 0. The number of anilines is 1. The van der Waals surface area contributed by atoms with E-state index in [2.05, 4.69) is 40.6 Å². The normalized spacial score (nSPS) is 28.1. The Labute approximate surface area is 235 Å². The van der Waals surface area contributed by atoms with Crippen LogP contribution in [0.4, 0.5) is 5.82 Å². The first kappa shape index (κ1) is 26.9. The number of likely N-dealkylation sites (tertiary alicyclic amines) is 2. The number of aryl methyl sites for hydroxylation is 1. The molecule has 6 rings (SSSR count). The zero-order chi connectivity index (χ0) is 28.1. The highest BCUT2D eigenvalue weighted by atomic mass is 16.5. The van der Waals surface area contributed by atoms with Crippen molar-refractivity contribution in [2.75, 3.05) is 45.7 Å². The van der Waals surface area contributed by atoms with Gasteiger partial charge in [-0.2, -0.15) is 9.97 Å². The van der Waals surface area contributed by atoms with Crippen LogP contribution in [-0.2, 0) is 33.8 Å². The molecule has 2 saturated heterocycles. The van der Waals surface area contributed by atoms with Crippen LogP contribution in [0.2, 0.25) is 0 Å². The number of carbonyl (C=O) groups excluding carboxylic acids is 2. The molecule has 2 fully saturated rings. The van der Waals surface area contributed by atoms with Gasteiger partial charge in [-0.1, -0.05) is 30.8 Å². The first-order chi connectivity index (χ1) is 19.3. The van der Waals surface area contributed by atoms with E-state index in [0.717, 1.165) is 30.6 Å². The minimum absolute atomic E-state index is 0.0102. The topological polar surface area (TPSA) is 91.3 Å². The Hall–Kier alpha value is -3.34. The molecular weight excluding hydrogens is 508 g/mol. The second-order valence-corrected chi connectivity index (χ2v) is 11.5. The van der Waals surface area contributed by atoms with E-state index in [1.54, 1.807) is 18.9 Å². The molecule has 0 bridgehead atoms. The van der Waals surface area contributed by atoms with Crippen molar-refractivity contribution in [2.24, 2.45) is 0 Å². The largest absolute Gasteiger partial charge is 0.456 e. The highest BCUT2D eigenvalue weighted by Crippen LogP contribution is 2.42. The van der Waals surface area contributed by atoms with Gasteiger partial charge in [-0.25, -0.2) is 0 Å². The molecule has 212 valence electrons. The van der Waals surface area contributed by atoms with Crippen LogP contribution in [0, 0.1) is 0 Å². The second kappa shape index (κ2) is 10.6. The van der Waals surface area contributed by atoms with Crippen molar-refractivity contribution in [3.05, 3.63) is 59.3 Å². The number of benzene rings is 1. The molecule has 4 aliphatic rings. The molecule has 0 N–H and O–H groups in total. The molecule has 2 aromatic rings. The number of likely N-dealkylation sites (N-methyl/N-ethyl adjacent to an activating group) is 2. The van der Waals surface area contributed by atoms with Crippen LogP contribution < -0.4 is 9.64 Å². The summed E-state index contributed by atoms with van der Waals surface area (Å²) in [5.74, 6) is 0.437. The Morgan fingerprint density at radius 3 is 2.70 bits per heavy atom. The third-order valence-corrected chi connectivity index (χ3v) is 9.10. The quantitative estimate of drug-likeness (QED) is 0.484. The molecule has 4 heterocycles. The third kappa shape index (κ3) is 4.57. The van der Waals surface area contributed by atoms with Crippen LogP contribution in [0.15, 0.2) is 36.9 Å². The summed E-state index contributed by atoms with van der Waals surface area (Å²) < 4.78 is 12.0. The van der Waals surface area contributed by atoms with Crippen molar-refractivity contribution in [1.82, 2.24) is 24.7 Å². The number of amides is 1. The number of Topliss-reactive ketones (excluding diaryl/α,β-unsaturated/α-hetero) is 1. The van der Waals surface area contributed by atoms with Gasteiger partial charge in [0.1, 0.15) is 24.1 Å². The highest BCUT2D eigenvalue weighted by molar-refractivity contribution is 6.00. The number of ether oxygens (including phenoxy) is 2. The van der Waals surface area contributed by atoms with Gasteiger partial charge in [-0.3, -0.25) is 19.4 Å². The molecule has 0 saturated carbocycles. The van der Waals surface area contributed by atoms with Crippen molar-refractivity contribution < 1.29 is 19.1 Å². The number of methoxy groups -OCH3 is 1. The summed E-state index contributed by atoms with van der Waals surface area (Å²) in [7, 11) is 5.63. The van der Waals surface area contributed by atoms with Crippen molar-refractivity contribution in [3.8, 4) is 6.01 Å². The Bertz CT molecular complexity index is 1330. The summed E-state index contributed by atoms with van der Waals surface area (Å²) in [5.41, 5.74) is 4.73. The van der Waals surface area contributed by atoms with E-state index in [0.29, 0.717) is 37.5 Å². The zero-order valence-electron chi connectivity index (χ0n) is 23.7. The van der Waals surface area contributed by atoms with Gasteiger partial charge >= 0.3 is 6.01 Å². The minimum Gasteiger partial charge on any atom is -0.456 e. The number of ketones is 1. The third-order valence-electron chi connectivity index (χ3n) is 9.10. The molecule has 3 aliphatic heterocycles. The summed E-state index contributed by atoms with van der Waals surface area (Å²) in [6, 6.07) is 8.24. The van der Waals surface area contributed by atoms with Crippen LogP contribution in [0.1, 0.15) is 41.8 Å². The molecule has 5 atom stereocenters. The second-order valence-electron chi connectivity index (χ2n) is 11.5. The lowest BCUT2D eigenvalue weighted by Crippen LogP contribution is -2.40.